The molecule has 1 heterocycles. The summed E-state index contributed by atoms with van der Waals surface area (Å²) in [6.07, 6.45) is -3.94. The van der Waals surface area contributed by atoms with Gasteiger partial charge >= 0.3 is 29.8 Å². The number of hydrogen-bond acceptors (Lipinski definition) is 14. The lowest BCUT2D eigenvalue weighted by molar-refractivity contribution is -0.259. The minimum Gasteiger partial charge on any atom is -0.463 e. The van der Waals surface area contributed by atoms with Gasteiger partial charge in [0.2, 0.25) is 0 Å². The lowest BCUT2D eigenvalue weighted by Crippen LogP contribution is -2.67. The third-order valence-corrected chi connectivity index (χ3v) is 6.20. The highest BCUT2D eigenvalue weighted by molar-refractivity contribution is 8.14. The van der Waals surface area contributed by atoms with Crippen LogP contribution < -0.4 is 5.32 Å². The topological polar surface area (TPSA) is 170 Å². The summed E-state index contributed by atoms with van der Waals surface area (Å²) in [7, 11) is 0. The van der Waals surface area contributed by atoms with E-state index in [0.29, 0.717) is 0 Å². The zero-order valence-electron chi connectivity index (χ0n) is 21.3. The van der Waals surface area contributed by atoms with Crippen molar-refractivity contribution in [1.82, 2.24) is 5.32 Å². The van der Waals surface area contributed by atoms with E-state index in [-0.39, 0.29) is 5.12 Å². The van der Waals surface area contributed by atoms with Gasteiger partial charge in [-0.1, -0.05) is 17.8 Å². The maximum Gasteiger partial charge on any atom is 0.303 e. The van der Waals surface area contributed by atoms with Gasteiger partial charge in [0.25, 0.3) is 0 Å². The quantitative estimate of drug-likeness (QED) is 0.236. The van der Waals surface area contributed by atoms with Gasteiger partial charge in [-0.2, -0.15) is 0 Å². The van der Waals surface area contributed by atoms with E-state index in [0.717, 1.165) is 32.5 Å². The predicted molar refractivity (Wildman–Crippen MR) is 126 cm³/mol. The first-order chi connectivity index (χ1) is 17.3. The number of carbonyl (C=O) groups is 6. The molecule has 0 bridgehead atoms. The lowest BCUT2D eigenvalue weighted by atomic mass is 9.96. The van der Waals surface area contributed by atoms with Crippen LogP contribution in [0.15, 0.2) is 12.2 Å². The highest BCUT2D eigenvalue weighted by Crippen LogP contribution is 2.32. The standard InChI is InChI=1S/C23H31NO12S/c1-10(25)31-9-17-20(33-12(3)27)21(34-13(4)28)22(35-14(5)29)23(36-17)24-19-16(32-11(2)26)7-8-18(19)37-15(6)30/h7-8,16-24H,9H2,1-6H3/t16-,17-,18+,19+,20-,21+,22-,23-/m1/s1. The van der Waals surface area contributed by atoms with Crippen molar-refractivity contribution >= 4 is 46.7 Å². The van der Waals surface area contributed by atoms with Gasteiger partial charge in [0, 0.05) is 46.8 Å². The molecule has 14 heteroatoms. The van der Waals surface area contributed by atoms with Gasteiger partial charge in [0.1, 0.15) is 18.8 Å². The molecule has 37 heavy (non-hydrogen) atoms. The Morgan fingerprint density at radius 2 is 1.27 bits per heavy atom. The van der Waals surface area contributed by atoms with Gasteiger partial charge in [-0.15, -0.1) is 0 Å². The summed E-state index contributed by atoms with van der Waals surface area (Å²) in [6.45, 7) is 6.75. The van der Waals surface area contributed by atoms with Crippen LogP contribution in [0.25, 0.3) is 0 Å². The maximum atomic E-state index is 12.0. The first-order valence-electron chi connectivity index (χ1n) is 11.4. The van der Waals surface area contributed by atoms with E-state index < -0.39 is 84.5 Å². The summed E-state index contributed by atoms with van der Waals surface area (Å²) in [4.78, 5) is 70.9. The van der Waals surface area contributed by atoms with Crippen LogP contribution in [0.2, 0.25) is 0 Å². The SMILES string of the molecule is CC(=O)OC[C@H]1O[C@@H](N[C@@H]2[C@@H](SC(C)=O)C=C[C@H]2OC(C)=O)[C@H](OC(C)=O)[C@@H](OC(C)=O)[C@@H]1OC(C)=O. The fourth-order valence-corrected chi connectivity index (χ4v) is 4.93. The molecule has 0 unspecified atom stereocenters. The molecule has 0 aromatic carbocycles. The highest BCUT2D eigenvalue weighted by Gasteiger charge is 2.53. The van der Waals surface area contributed by atoms with E-state index in [2.05, 4.69) is 5.32 Å². The fraction of sp³-hybridized carbons (Fsp3) is 0.652. The number of hydrogen-bond donors (Lipinski definition) is 1. The number of thioether (sulfide) groups is 1. The molecule has 13 nitrogen and oxygen atoms in total. The van der Waals surface area contributed by atoms with Crippen molar-refractivity contribution < 1.29 is 57.2 Å². The van der Waals surface area contributed by atoms with Crippen molar-refractivity contribution in [3.63, 3.8) is 0 Å². The Kier molecular flexibility index (Phi) is 11.1. The van der Waals surface area contributed by atoms with Crippen molar-refractivity contribution in [2.24, 2.45) is 0 Å². The number of nitrogens with one attached hydrogen (secondary N) is 1. The van der Waals surface area contributed by atoms with Crippen LogP contribution >= 0.6 is 11.8 Å². The van der Waals surface area contributed by atoms with E-state index in [9.17, 15) is 28.8 Å². The molecule has 1 N–H and O–H groups in total. The molecule has 1 aliphatic heterocycles. The second kappa shape index (κ2) is 13.5. The molecule has 206 valence electrons. The Labute approximate surface area is 217 Å². The molecule has 2 aliphatic rings. The van der Waals surface area contributed by atoms with Crippen LogP contribution in [0.4, 0.5) is 0 Å². The zero-order valence-corrected chi connectivity index (χ0v) is 22.1. The molecule has 0 amide bonds. The van der Waals surface area contributed by atoms with Crippen LogP contribution in [0.5, 0.6) is 0 Å². The average molecular weight is 546 g/mol. The Bertz CT molecular complexity index is 911. The molecule has 0 spiro atoms. The van der Waals surface area contributed by atoms with Crippen molar-refractivity contribution in [1.29, 1.82) is 0 Å². The predicted octanol–water partition coefficient (Wildman–Crippen LogP) is 0.178. The Hall–Kier alpha value is -2.97. The van der Waals surface area contributed by atoms with E-state index in [1.807, 2.05) is 0 Å². The van der Waals surface area contributed by atoms with Gasteiger partial charge in [-0.05, 0) is 6.08 Å². The summed E-state index contributed by atoms with van der Waals surface area (Å²) < 4.78 is 32.7. The van der Waals surface area contributed by atoms with Crippen molar-refractivity contribution in [3.8, 4) is 0 Å². The molecule has 1 saturated heterocycles. The number of rotatable bonds is 9. The maximum absolute atomic E-state index is 12.0. The largest absolute Gasteiger partial charge is 0.463 e. The molecule has 1 aliphatic carbocycles. The van der Waals surface area contributed by atoms with Crippen LogP contribution in [0, 0.1) is 0 Å². The van der Waals surface area contributed by atoms with Crippen molar-refractivity contribution in [3.05, 3.63) is 12.2 Å². The van der Waals surface area contributed by atoms with Gasteiger partial charge in [0.05, 0.1) is 6.04 Å². The monoisotopic (exact) mass is 545 g/mol. The van der Waals surface area contributed by atoms with E-state index in [1.165, 1.54) is 20.8 Å². The van der Waals surface area contributed by atoms with Crippen LogP contribution in [0.3, 0.4) is 0 Å². The average Bonchev–Trinajstić information content (AvgIpc) is 3.09. The summed E-state index contributed by atoms with van der Waals surface area (Å²) in [5, 5.41) is 2.39. The smallest absolute Gasteiger partial charge is 0.303 e. The molecular weight excluding hydrogens is 514 g/mol. The molecule has 2 rings (SSSR count). The fourth-order valence-electron chi connectivity index (χ4n) is 4.00. The van der Waals surface area contributed by atoms with Gasteiger partial charge in [-0.25, -0.2) is 0 Å². The molecule has 0 aromatic heterocycles. The summed E-state index contributed by atoms with van der Waals surface area (Å²) in [6, 6.07) is -0.738. The third kappa shape index (κ3) is 9.13. The lowest BCUT2D eigenvalue weighted by Gasteiger charge is -2.45. The Morgan fingerprint density at radius 3 is 1.78 bits per heavy atom. The van der Waals surface area contributed by atoms with Crippen molar-refractivity contribution in [2.45, 2.75) is 89.6 Å². The molecule has 0 saturated carbocycles. The van der Waals surface area contributed by atoms with Gasteiger partial charge in [0.15, 0.2) is 29.7 Å². The summed E-state index contributed by atoms with van der Waals surface area (Å²) in [5.41, 5.74) is 0. The van der Waals surface area contributed by atoms with Crippen LogP contribution in [-0.4, -0.2) is 89.6 Å². The normalized spacial score (nSPS) is 30.6. The molecule has 8 atom stereocenters. The Balaban J connectivity index is 2.49. The molecule has 0 radical (unpaired) electrons. The van der Waals surface area contributed by atoms with E-state index >= 15 is 0 Å². The van der Waals surface area contributed by atoms with Crippen molar-refractivity contribution in [2.75, 3.05) is 6.61 Å². The molecule has 1 fully saturated rings. The molecule has 0 aromatic rings. The second-order valence-electron chi connectivity index (χ2n) is 8.35. The molecular formula is C23H31NO12S. The minimum atomic E-state index is -1.36. The number of esters is 5. The first kappa shape index (κ1) is 30.3. The van der Waals surface area contributed by atoms with Gasteiger partial charge < -0.3 is 28.4 Å². The second-order valence-corrected chi connectivity index (χ2v) is 9.70. The zero-order chi connectivity index (χ0) is 27.9. The van der Waals surface area contributed by atoms with Crippen LogP contribution in [0.1, 0.15) is 41.5 Å². The van der Waals surface area contributed by atoms with E-state index in [1.54, 1.807) is 12.2 Å². The number of carbonyl (C=O) groups excluding carboxylic acids is 6. The first-order valence-corrected chi connectivity index (χ1v) is 12.3. The summed E-state index contributed by atoms with van der Waals surface area (Å²) in [5.74, 6) is -3.49. The highest BCUT2D eigenvalue weighted by atomic mass is 32.2. The Morgan fingerprint density at radius 1 is 0.730 bits per heavy atom. The summed E-state index contributed by atoms with van der Waals surface area (Å²) >= 11 is 0.973. The van der Waals surface area contributed by atoms with E-state index in [4.69, 9.17) is 28.4 Å². The third-order valence-electron chi connectivity index (χ3n) is 5.15. The number of ether oxygens (including phenoxy) is 6. The van der Waals surface area contributed by atoms with Gasteiger partial charge in [-0.3, -0.25) is 34.1 Å². The minimum absolute atomic E-state index is 0.202. The van der Waals surface area contributed by atoms with Crippen LogP contribution in [-0.2, 0) is 57.2 Å².